The van der Waals surface area contributed by atoms with Crippen LogP contribution >= 0.6 is 0 Å². The van der Waals surface area contributed by atoms with Gasteiger partial charge in [0.05, 0.1) is 0 Å². The van der Waals surface area contributed by atoms with Crippen LogP contribution in [0, 0.1) is 0 Å². The first-order valence-corrected chi connectivity index (χ1v) is 8.96. The monoisotopic (exact) mass is 399 g/mol. The van der Waals surface area contributed by atoms with Crippen LogP contribution in [-0.4, -0.2) is 64.7 Å². The number of hydrogen-bond acceptors (Lipinski definition) is 7. The van der Waals surface area contributed by atoms with Gasteiger partial charge < -0.3 is 0 Å². The van der Waals surface area contributed by atoms with Crippen molar-refractivity contribution in [2.45, 2.75) is 24.5 Å². The molecule has 0 amide bonds. The van der Waals surface area contributed by atoms with Gasteiger partial charge in [-0.3, -0.25) is 0 Å². The zero-order valence-electron chi connectivity index (χ0n) is 12.5. The number of aliphatic hydroxyl groups is 3. The first-order valence-electron chi connectivity index (χ1n) is 7.25. The molecule has 3 rings (SSSR count). The third kappa shape index (κ3) is 3.23. The number of aliphatic hydroxyl groups excluding tert-OH is 3. The number of ether oxygens (including phenoxy) is 1. The summed E-state index contributed by atoms with van der Waals surface area (Å²) in [4.78, 5) is 15.9. The van der Waals surface area contributed by atoms with Crippen LogP contribution in [-0.2, 0) is 4.74 Å². The minimum atomic E-state index is -1.35. The summed E-state index contributed by atoms with van der Waals surface area (Å²) in [5.74, 6) is 0.131. The third-order valence-corrected chi connectivity index (χ3v) is 5.89. The van der Waals surface area contributed by atoms with E-state index in [9.17, 15) is 15.0 Å². The molecule has 4 atom stereocenters. The predicted octanol–water partition coefficient (Wildman–Crippen LogP) is -2.91. The summed E-state index contributed by atoms with van der Waals surface area (Å²) in [5.41, 5.74) is 5.17. The molecule has 128 valence electrons. The van der Waals surface area contributed by atoms with E-state index in [1.54, 1.807) is 0 Å². The first kappa shape index (κ1) is 17.1. The van der Waals surface area contributed by atoms with E-state index in [0.29, 0.717) is 4.46 Å². The number of aromatic nitrogens is 2. The Morgan fingerprint density at radius 1 is 1.25 bits per heavy atom. The molecule has 24 heavy (non-hydrogen) atoms. The molecule has 1 saturated heterocycles. The maximum atomic E-state index is 12.1. The number of benzene rings is 1. The average Bonchev–Trinajstić information content (AvgIpc) is 2.86. The second-order valence-electron chi connectivity index (χ2n) is 5.32. The van der Waals surface area contributed by atoms with Gasteiger partial charge in [0.1, 0.15) is 0 Å². The summed E-state index contributed by atoms with van der Waals surface area (Å²) >= 11 is -0.188. The van der Waals surface area contributed by atoms with Gasteiger partial charge in [0.15, 0.2) is 0 Å². The third-order valence-electron chi connectivity index (χ3n) is 3.71. The molecule has 9 heteroatoms. The van der Waals surface area contributed by atoms with Crippen molar-refractivity contribution in [2.24, 2.45) is 0 Å². The normalized spacial score (nSPS) is 26.6. The van der Waals surface area contributed by atoms with Crippen LogP contribution in [0.4, 0.5) is 5.82 Å². The Morgan fingerprint density at radius 3 is 2.58 bits per heavy atom. The molecule has 1 aliphatic rings. The molecule has 2 heterocycles. The summed E-state index contributed by atoms with van der Waals surface area (Å²) in [6.07, 6.45) is -3.21. The topological polar surface area (TPSA) is 131 Å². The minimum absolute atomic E-state index is 0.131. The van der Waals surface area contributed by atoms with Crippen molar-refractivity contribution in [2.75, 3.05) is 12.3 Å². The van der Waals surface area contributed by atoms with E-state index in [-0.39, 0.29) is 20.8 Å². The molecule has 5 N–H and O–H groups in total. The summed E-state index contributed by atoms with van der Waals surface area (Å²) in [6.45, 7) is -0.466. The molecule has 1 fully saturated rings. The van der Waals surface area contributed by atoms with Crippen LogP contribution < -0.4 is 20.3 Å². The van der Waals surface area contributed by atoms with Crippen LogP contribution in [0.3, 0.4) is 0 Å². The van der Waals surface area contributed by atoms with E-state index in [2.05, 4.69) is 4.98 Å². The van der Waals surface area contributed by atoms with Crippen molar-refractivity contribution in [3.8, 4) is 0 Å². The van der Waals surface area contributed by atoms with Gasteiger partial charge in [-0.15, -0.1) is 0 Å². The zero-order valence-corrected chi connectivity index (χ0v) is 14.2. The van der Waals surface area contributed by atoms with Gasteiger partial charge in [0.25, 0.3) is 0 Å². The van der Waals surface area contributed by atoms with E-state index in [0.717, 1.165) is 9.03 Å². The summed E-state index contributed by atoms with van der Waals surface area (Å²) in [7, 11) is 0. The molecule has 0 aliphatic carbocycles. The van der Waals surface area contributed by atoms with Crippen molar-refractivity contribution in [1.82, 2.24) is 9.55 Å². The van der Waals surface area contributed by atoms with Crippen molar-refractivity contribution in [1.29, 1.82) is 0 Å². The Hall–Kier alpha value is -1.74. The molecular formula is C15H17N3O5Se. The number of nitrogen functional groups attached to an aromatic ring is 1. The van der Waals surface area contributed by atoms with Crippen LogP contribution in [0.1, 0.15) is 6.23 Å². The Bertz CT molecular complexity index is 769. The molecule has 0 spiro atoms. The second kappa shape index (κ2) is 7.02. The SMILES string of the molecule is Nc1nc(=O)n([C@@H]2O[C@H](CO)[C@@H](O)[C@@H]2O)cc1[Se]c1ccccc1. The van der Waals surface area contributed by atoms with Crippen LogP contribution in [0.2, 0.25) is 0 Å². The molecule has 0 saturated carbocycles. The summed E-state index contributed by atoms with van der Waals surface area (Å²) in [6, 6.07) is 9.61. The fourth-order valence-corrected chi connectivity index (χ4v) is 4.26. The van der Waals surface area contributed by atoms with Crippen LogP contribution in [0.15, 0.2) is 41.3 Å². The number of hydrogen-bond donors (Lipinski definition) is 4. The first-order chi connectivity index (χ1) is 11.5. The van der Waals surface area contributed by atoms with E-state index >= 15 is 0 Å². The van der Waals surface area contributed by atoms with E-state index in [1.807, 2.05) is 30.3 Å². The maximum absolute atomic E-state index is 12.1. The van der Waals surface area contributed by atoms with E-state index < -0.39 is 36.8 Å². The van der Waals surface area contributed by atoms with Crippen LogP contribution in [0.5, 0.6) is 0 Å². The fraction of sp³-hybridized carbons (Fsp3) is 0.333. The Morgan fingerprint density at radius 2 is 1.96 bits per heavy atom. The van der Waals surface area contributed by atoms with Gasteiger partial charge in [-0.1, -0.05) is 0 Å². The Labute approximate surface area is 143 Å². The summed E-state index contributed by atoms with van der Waals surface area (Å²) < 4.78 is 8.20. The molecule has 0 unspecified atom stereocenters. The van der Waals surface area contributed by atoms with Crippen LogP contribution in [0.25, 0.3) is 0 Å². The molecule has 1 aromatic heterocycles. The standard InChI is InChI=1S/C15H17N3O5Se/c16-13-10(24-8-4-2-1-3-5-8)6-18(15(22)17-13)14-12(21)11(20)9(7-19)23-14/h1-6,9,11-12,14,19-21H,7H2,(H2,16,17,22)/t9-,11-,12+,14-/m1/s1. The van der Waals surface area contributed by atoms with Crippen molar-refractivity contribution in [3.05, 3.63) is 47.0 Å². The number of rotatable bonds is 4. The molecule has 1 aromatic carbocycles. The molecule has 2 aromatic rings. The molecule has 0 bridgehead atoms. The predicted molar refractivity (Wildman–Crippen MR) is 87.4 cm³/mol. The second-order valence-corrected chi connectivity index (χ2v) is 7.66. The van der Waals surface area contributed by atoms with Crippen molar-refractivity contribution >= 4 is 29.7 Å². The van der Waals surface area contributed by atoms with Gasteiger partial charge in [0.2, 0.25) is 0 Å². The zero-order chi connectivity index (χ0) is 17.3. The quantitative estimate of drug-likeness (QED) is 0.406. The molecular weight excluding hydrogens is 381 g/mol. The molecule has 1 aliphatic heterocycles. The van der Waals surface area contributed by atoms with Crippen molar-refractivity contribution in [3.63, 3.8) is 0 Å². The summed E-state index contributed by atoms with van der Waals surface area (Å²) in [5, 5.41) is 29.1. The number of anilines is 1. The number of nitrogens with zero attached hydrogens (tertiary/aromatic N) is 2. The molecule has 8 nitrogen and oxygen atoms in total. The molecule has 0 radical (unpaired) electrons. The Kier molecular flexibility index (Phi) is 5.00. The van der Waals surface area contributed by atoms with Gasteiger partial charge in [-0.2, -0.15) is 0 Å². The van der Waals surface area contributed by atoms with E-state index in [1.165, 1.54) is 6.20 Å². The van der Waals surface area contributed by atoms with Gasteiger partial charge in [-0.25, -0.2) is 0 Å². The van der Waals surface area contributed by atoms with Gasteiger partial charge in [0, 0.05) is 0 Å². The average molecular weight is 398 g/mol. The van der Waals surface area contributed by atoms with Gasteiger partial charge >= 0.3 is 143 Å². The van der Waals surface area contributed by atoms with Crippen molar-refractivity contribution < 1.29 is 20.1 Å². The van der Waals surface area contributed by atoms with E-state index in [4.69, 9.17) is 15.6 Å². The Balaban J connectivity index is 1.94. The fourth-order valence-electron chi connectivity index (χ4n) is 2.45. The van der Waals surface area contributed by atoms with Gasteiger partial charge in [-0.05, 0) is 0 Å². The number of nitrogens with two attached hydrogens (primary N) is 1.